The number of carbonyl (C=O) groups is 1. The van der Waals surface area contributed by atoms with Gasteiger partial charge in [0.2, 0.25) is 5.91 Å². The van der Waals surface area contributed by atoms with Gasteiger partial charge in [0.15, 0.2) is 0 Å². The van der Waals surface area contributed by atoms with Crippen molar-refractivity contribution in [3.63, 3.8) is 0 Å². The average Bonchev–Trinajstić information content (AvgIpc) is 3.31. The lowest BCUT2D eigenvalue weighted by Crippen LogP contribution is -2.34. The van der Waals surface area contributed by atoms with Gasteiger partial charge < -0.3 is 4.90 Å². The third-order valence-corrected chi connectivity index (χ3v) is 5.90. The van der Waals surface area contributed by atoms with Gasteiger partial charge in [0.05, 0.1) is 11.7 Å². The second-order valence-corrected chi connectivity index (χ2v) is 7.38. The molecule has 1 amide bonds. The van der Waals surface area contributed by atoms with Crippen molar-refractivity contribution in [2.24, 2.45) is 0 Å². The Hall–Kier alpha value is -1.99. The molecule has 1 aliphatic heterocycles. The predicted octanol–water partition coefficient (Wildman–Crippen LogP) is 2.81. The Kier molecular flexibility index (Phi) is 3.74. The number of amides is 1. The number of rotatable bonds is 3. The molecule has 0 aliphatic carbocycles. The molecule has 0 spiro atoms. The Labute approximate surface area is 140 Å². The van der Waals surface area contributed by atoms with E-state index in [2.05, 4.69) is 4.98 Å². The summed E-state index contributed by atoms with van der Waals surface area (Å²) in [5.41, 5.74) is 0.785. The van der Waals surface area contributed by atoms with Gasteiger partial charge in [-0.15, -0.1) is 22.7 Å². The maximum Gasteiger partial charge on any atom is 0.263 e. The van der Waals surface area contributed by atoms with E-state index < -0.39 is 0 Å². The molecular weight excluding hydrogens is 330 g/mol. The fourth-order valence-electron chi connectivity index (χ4n) is 2.91. The molecule has 0 radical (unpaired) electrons. The summed E-state index contributed by atoms with van der Waals surface area (Å²) in [7, 11) is 0. The summed E-state index contributed by atoms with van der Waals surface area (Å²) in [6.07, 6.45) is 3.59. The second kappa shape index (κ2) is 5.90. The maximum absolute atomic E-state index is 12.8. The molecule has 0 atom stereocenters. The lowest BCUT2D eigenvalue weighted by Gasteiger charge is -2.15. The van der Waals surface area contributed by atoms with E-state index in [1.165, 1.54) is 22.2 Å². The van der Waals surface area contributed by atoms with E-state index in [1.54, 1.807) is 11.3 Å². The van der Waals surface area contributed by atoms with Gasteiger partial charge in [-0.2, -0.15) is 0 Å². The molecule has 118 valence electrons. The second-order valence-electron chi connectivity index (χ2n) is 5.57. The molecule has 23 heavy (non-hydrogen) atoms. The van der Waals surface area contributed by atoms with Gasteiger partial charge in [0.25, 0.3) is 5.56 Å². The first-order chi connectivity index (χ1) is 11.2. The molecule has 3 aromatic rings. The monoisotopic (exact) mass is 345 g/mol. The zero-order chi connectivity index (χ0) is 15.8. The molecule has 1 saturated heterocycles. The Bertz CT molecular complexity index is 905. The number of aromatic nitrogens is 2. The van der Waals surface area contributed by atoms with Crippen molar-refractivity contribution in [3.05, 3.63) is 39.6 Å². The fourth-order valence-corrected chi connectivity index (χ4v) is 4.63. The Morgan fingerprint density at radius 2 is 2.09 bits per heavy atom. The van der Waals surface area contributed by atoms with Gasteiger partial charge in [-0.25, -0.2) is 4.98 Å². The Balaban J connectivity index is 1.74. The van der Waals surface area contributed by atoms with Crippen molar-refractivity contribution in [2.75, 3.05) is 13.1 Å². The first-order valence-corrected chi connectivity index (χ1v) is 9.28. The standard InChI is InChI=1S/C16H15N3O2S2/c20-13(18-5-1-2-6-18)8-19-10-17-15-14(16(19)21)11(9-23-15)12-4-3-7-22-12/h3-4,7,9-10H,1-2,5-6,8H2. The first kappa shape index (κ1) is 14.6. The van der Waals surface area contributed by atoms with Crippen LogP contribution in [0.4, 0.5) is 0 Å². The van der Waals surface area contributed by atoms with Crippen LogP contribution in [0.1, 0.15) is 12.8 Å². The fraction of sp³-hybridized carbons (Fsp3) is 0.312. The number of nitrogens with zero attached hydrogens (tertiary/aromatic N) is 3. The van der Waals surface area contributed by atoms with E-state index in [0.717, 1.165) is 41.2 Å². The minimum Gasteiger partial charge on any atom is -0.341 e. The summed E-state index contributed by atoms with van der Waals surface area (Å²) in [5.74, 6) is -0.00125. The highest BCUT2D eigenvalue weighted by molar-refractivity contribution is 7.18. The quantitative estimate of drug-likeness (QED) is 0.733. The normalized spacial score (nSPS) is 14.7. The van der Waals surface area contributed by atoms with Crippen molar-refractivity contribution in [1.29, 1.82) is 0 Å². The number of hydrogen-bond acceptors (Lipinski definition) is 5. The molecule has 1 fully saturated rings. The largest absolute Gasteiger partial charge is 0.341 e. The van der Waals surface area contributed by atoms with Crippen LogP contribution >= 0.6 is 22.7 Å². The van der Waals surface area contributed by atoms with E-state index in [9.17, 15) is 9.59 Å². The Morgan fingerprint density at radius 1 is 1.26 bits per heavy atom. The molecule has 3 aromatic heterocycles. The van der Waals surface area contributed by atoms with Crippen LogP contribution in [-0.2, 0) is 11.3 Å². The number of fused-ring (bicyclic) bond motifs is 1. The molecule has 0 unspecified atom stereocenters. The molecule has 0 N–H and O–H groups in total. The van der Waals surface area contributed by atoms with Crippen LogP contribution in [0.2, 0.25) is 0 Å². The molecule has 0 aromatic carbocycles. The minimum atomic E-state index is -0.132. The third-order valence-electron chi connectivity index (χ3n) is 4.11. The molecule has 0 bridgehead atoms. The molecule has 7 heteroatoms. The van der Waals surface area contributed by atoms with E-state index in [4.69, 9.17) is 0 Å². The van der Waals surface area contributed by atoms with Crippen molar-refractivity contribution >= 4 is 38.8 Å². The number of likely N-dealkylation sites (tertiary alicyclic amines) is 1. The Morgan fingerprint density at radius 3 is 2.83 bits per heavy atom. The molecule has 4 rings (SSSR count). The number of thiophene rings is 2. The van der Waals surface area contributed by atoms with Crippen LogP contribution in [0, 0.1) is 0 Å². The minimum absolute atomic E-state index is 0.00125. The zero-order valence-electron chi connectivity index (χ0n) is 12.4. The molecule has 5 nitrogen and oxygen atoms in total. The van der Waals surface area contributed by atoms with Crippen LogP contribution in [0.5, 0.6) is 0 Å². The summed E-state index contributed by atoms with van der Waals surface area (Å²) in [6.45, 7) is 1.66. The molecule has 1 aliphatic rings. The van der Waals surface area contributed by atoms with Crippen LogP contribution in [0.15, 0.2) is 34.0 Å². The number of carbonyl (C=O) groups excluding carboxylic acids is 1. The molecule has 4 heterocycles. The maximum atomic E-state index is 12.8. The van der Waals surface area contributed by atoms with Crippen molar-refractivity contribution in [1.82, 2.24) is 14.5 Å². The smallest absolute Gasteiger partial charge is 0.263 e. The average molecular weight is 345 g/mol. The summed E-state index contributed by atoms with van der Waals surface area (Å²) < 4.78 is 1.44. The molecular formula is C16H15N3O2S2. The lowest BCUT2D eigenvalue weighted by molar-refractivity contribution is -0.130. The highest BCUT2D eigenvalue weighted by Gasteiger charge is 2.20. The van der Waals surface area contributed by atoms with Crippen LogP contribution in [0.25, 0.3) is 20.7 Å². The van der Waals surface area contributed by atoms with Crippen LogP contribution < -0.4 is 5.56 Å². The van der Waals surface area contributed by atoms with Gasteiger partial charge in [0, 0.05) is 28.9 Å². The summed E-state index contributed by atoms with van der Waals surface area (Å²) in [4.78, 5) is 33.1. The first-order valence-electron chi connectivity index (χ1n) is 7.52. The van der Waals surface area contributed by atoms with Gasteiger partial charge >= 0.3 is 0 Å². The van der Waals surface area contributed by atoms with Crippen molar-refractivity contribution < 1.29 is 4.79 Å². The van der Waals surface area contributed by atoms with Crippen LogP contribution in [-0.4, -0.2) is 33.4 Å². The van der Waals surface area contributed by atoms with Gasteiger partial charge in [-0.05, 0) is 24.3 Å². The number of hydrogen-bond donors (Lipinski definition) is 0. The van der Waals surface area contributed by atoms with Crippen molar-refractivity contribution in [3.8, 4) is 10.4 Å². The highest BCUT2D eigenvalue weighted by Crippen LogP contribution is 2.33. The van der Waals surface area contributed by atoms with E-state index in [-0.39, 0.29) is 18.0 Å². The lowest BCUT2D eigenvalue weighted by atomic mass is 10.2. The van der Waals surface area contributed by atoms with Crippen LogP contribution in [0.3, 0.4) is 0 Å². The zero-order valence-corrected chi connectivity index (χ0v) is 14.0. The van der Waals surface area contributed by atoms with E-state index in [1.807, 2.05) is 27.8 Å². The third kappa shape index (κ3) is 2.60. The van der Waals surface area contributed by atoms with E-state index in [0.29, 0.717) is 5.39 Å². The van der Waals surface area contributed by atoms with Gasteiger partial charge in [-0.3, -0.25) is 14.2 Å². The van der Waals surface area contributed by atoms with Gasteiger partial charge in [-0.1, -0.05) is 6.07 Å². The summed E-state index contributed by atoms with van der Waals surface area (Å²) in [6, 6.07) is 3.97. The SMILES string of the molecule is O=C(Cn1cnc2scc(-c3cccs3)c2c1=O)N1CCCC1. The molecule has 0 saturated carbocycles. The van der Waals surface area contributed by atoms with Crippen molar-refractivity contribution in [2.45, 2.75) is 19.4 Å². The predicted molar refractivity (Wildman–Crippen MR) is 93.0 cm³/mol. The van der Waals surface area contributed by atoms with Gasteiger partial charge in [0.1, 0.15) is 11.4 Å². The summed E-state index contributed by atoms with van der Waals surface area (Å²) in [5, 5.41) is 4.58. The topological polar surface area (TPSA) is 55.2 Å². The van der Waals surface area contributed by atoms with E-state index >= 15 is 0 Å². The highest BCUT2D eigenvalue weighted by atomic mass is 32.1. The summed E-state index contributed by atoms with van der Waals surface area (Å²) >= 11 is 3.07.